The van der Waals surface area contributed by atoms with Crippen molar-refractivity contribution in [2.45, 2.75) is 27.3 Å². The maximum atomic E-state index is 13.7. The molecule has 20 heavy (non-hydrogen) atoms. The Labute approximate surface area is 119 Å². The summed E-state index contributed by atoms with van der Waals surface area (Å²) in [5.74, 6) is 0.683. The molecule has 2 rings (SSSR count). The number of aryl methyl sites for hydroxylation is 3. The fourth-order valence-electron chi connectivity index (χ4n) is 2.30. The largest absolute Gasteiger partial charge is 0.352 e. The average molecular weight is 273 g/mol. The lowest BCUT2D eigenvalue weighted by Gasteiger charge is -2.11. The number of nitrogens with one attached hydrogen (secondary N) is 1. The van der Waals surface area contributed by atoms with Crippen LogP contribution in [0.3, 0.4) is 0 Å². The quantitative estimate of drug-likeness (QED) is 0.844. The molecule has 3 nitrogen and oxygen atoms in total. The van der Waals surface area contributed by atoms with Gasteiger partial charge in [-0.15, -0.1) is 6.58 Å². The predicted molar refractivity (Wildman–Crippen MR) is 80.6 cm³/mol. The third-order valence-corrected chi connectivity index (χ3v) is 3.15. The van der Waals surface area contributed by atoms with Crippen LogP contribution in [0, 0.1) is 26.6 Å². The van der Waals surface area contributed by atoms with E-state index in [4.69, 9.17) is 0 Å². The van der Waals surface area contributed by atoms with Gasteiger partial charge >= 0.3 is 0 Å². The monoisotopic (exact) mass is 273 g/mol. The topological polar surface area (TPSA) is 29.9 Å². The Morgan fingerprint density at radius 1 is 1.30 bits per heavy atom. The van der Waals surface area contributed by atoms with Gasteiger partial charge < -0.3 is 9.88 Å². The van der Waals surface area contributed by atoms with E-state index in [1.165, 1.54) is 0 Å². The molecule has 1 N–H and O–H groups in total. The zero-order valence-corrected chi connectivity index (χ0v) is 12.2. The molecule has 0 unspecified atom stereocenters. The first-order valence-corrected chi connectivity index (χ1v) is 6.65. The summed E-state index contributed by atoms with van der Waals surface area (Å²) in [5, 5.41) is 3.20. The van der Waals surface area contributed by atoms with Crippen LogP contribution in [0.1, 0.15) is 22.4 Å². The zero-order valence-electron chi connectivity index (χ0n) is 12.2. The lowest BCUT2D eigenvalue weighted by Crippen LogP contribution is -2.08. The Kier molecular flexibility index (Phi) is 4.23. The highest BCUT2D eigenvalue weighted by molar-refractivity contribution is 5.34. The van der Waals surface area contributed by atoms with Crippen LogP contribution in [0.4, 0.5) is 10.3 Å². The molecule has 0 saturated heterocycles. The average Bonchev–Trinajstić information content (AvgIpc) is 2.73. The lowest BCUT2D eigenvalue weighted by molar-refractivity contribution is 0.607. The number of hydrogen-bond donors (Lipinski definition) is 1. The molecule has 0 bridgehead atoms. The summed E-state index contributed by atoms with van der Waals surface area (Å²) in [6.45, 7) is 10.6. The molecule has 2 aromatic rings. The zero-order chi connectivity index (χ0) is 14.7. The van der Waals surface area contributed by atoms with E-state index in [-0.39, 0.29) is 5.82 Å². The Morgan fingerprint density at radius 2 is 1.95 bits per heavy atom. The highest BCUT2D eigenvalue weighted by Crippen LogP contribution is 2.17. The van der Waals surface area contributed by atoms with Crippen molar-refractivity contribution in [2.75, 3.05) is 11.9 Å². The van der Waals surface area contributed by atoms with E-state index in [0.29, 0.717) is 24.2 Å². The Bertz CT molecular complexity index is 606. The summed E-state index contributed by atoms with van der Waals surface area (Å²) >= 11 is 0. The highest BCUT2D eigenvalue weighted by atomic mass is 19.1. The van der Waals surface area contributed by atoms with Crippen LogP contribution in [0.5, 0.6) is 0 Å². The Hall–Kier alpha value is -2.10. The van der Waals surface area contributed by atoms with Crippen LogP contribution >= 0.6 is 0 Å². The number of imidazole rings is 1. The van der Waals surface area contributed by atoms with E-state index >= 15 is 0 Å². The normalized spacial score (nSPS) is 10.6. The first-order valence-electron chi connectivity index (χ1n) is 6.65. The molecule has 0 fully saturated rings. The molecule has 0 aliphatic rings. The van der Waals surface area contributed by atoms with Gasteiger partial charge in [0, 0.05) is 12.7 Å². The molecule has 4 heteroatoms. The smallest absolute Gasteiger partial charge is 0.203 e. The maximum Gasteiger partial charge on any atom is 0.203 e. The number of nitrogens with zero attached hydrogens (tertiary/aromatic N) is 2. The molecule has 0 aliphatic carbocycles. The van der Waals surface area contributed by atoms with Crippen molar-refractivity contribution >= 4 is 5.95 Å². The van der Waals surface area contributed by atoms with E-state index < -0.39 is 0 Å². The fourth-order valence-corrected chi connectivity index (χ4v) is 2.30. The standard InChI is InChI=1S/C16H20FN3/c1-5-6-18-16-19-13(4)9-20(16)10-14-7-11(2)15(17)12(3)8-14/h5,7-9H,1,6,10H2,2-4H3,(H,18,19). The second-order valence-corrected chi connectivity index (χ2v) is 5.05. The summed E-state index contributed by atoms with van der Waals surface area (Å²) in [7, 11) is 0. The van der Waals surface area contributed by atoms with Gasteiger partial charge in [0.25, 0.3) is 0 Å². The number of halogens is 1. The molecule has 0 saturated carbocycles. The third kappa shape index (κ3) is 3.07. The van der Waals surface area contributed by atoms with Gasteiger partial charge in [0.1, 0.15) is 5.82 Å². The summed E-state index contributed by atoms with van der Waals surface area (Å²) in [6.07, 6.45) is 3.78. The molecule has 1 aromatic heterocycles. The van der Waals surface area contributed by atoms with Crippen molar-refractivity contribution in [1.82, 2.24) is 9.55 Å². The van der Waals surface area contributed by atoms with Gasteiger partial charge in [-0.2, -0.15) is 0 Å². The van der Waals surface area contributed by atoms with Gasteiger partial charge in [0.2, 0.25) is 5.95 Å². The molecule has 0 radical (unpaired) electrons. The fraction of sp³-hybridized carbons (Fsp3) is 0.312. The minimum absolute atomic E-state index is 0.124. The third-order valence-electron chi connectivity index (χ3n) is 3.15. The number of hydrogen-bond acceptors (Lipinski definition) is 2. The van der Waals surface area contributed by atoms with Crippen LogP contribution in [-0.4, -0.2) is 16.1 Å². The van der Waals surface area contributed by atoms with Crippen molar-refractivity contribution in [3.05, 3.63) is 59.2 Å². The highest BCUT2D eigenvalue weighted by Gasteiger charge is 2.08. The van der Waals surface area contributed by atoms with Gasteiger partial charge in [0.05, 0.1) is 12.2 Å². The number of anilines is 1. The molecule has 106 valence electrons. The van der Waals surface area contributed by atoms with Crippen LogP contribution in [0.2, 0.25) is 0 Å². The molecule has 0 aliphatic heterocycles. The van der Waals surface area contributed by atoms with Gasteiger partial charge in [-0.3, -0.25) is 0 Å². The Balaban J connectivity index is 2.27. The SMILES string of the molecule is C=CCNc1nc(C)cn1Cc1cc(C)c(F)c(C)c1. The number of benzene rings is 1. The second-order valence-electron chi connectivity index (χ2n) is 5.05. The molecule has 0 amide bonds. The van der Waals surface area contributed by atoms with Crippen molar-refractivity contribution in [3.63, 3.8) is 0 Å². The molecule has 1 heterocycles. The maximum absolute atomic E-state index is 13.7. The number of aromatic nitrogens is 2. The minimum Gasteiger partial charge on any atom is -0.352 e. The van der Waals surface area contributed by atoms with Crippen LogP contribution < -0.4 is 5.32 Å². The van der Waals surface area contributed by atoms with Gasteiger partial charge in [-0.25, -0.2) is 9.37 Å². The summed E-state index contributed by atoms with van der Waals surface area (Å²) < 4.78 is 15.7. The summed E-state index contributed by atoms with van der Waals surface area (Å²) in [4.78, 5) is 4.44. The lowest BCUT2D eigenvalue weighted by atomic mass is 10.1. The van der Waals surface area contributed by atoms with Crippen molar-refractivity contribution in [3.8, 4) is 0 Å². The van der Waals surface area contributed by atoms with Crippen LogP contribution in [0.15, 0.2) is 31.0 Å². The van der Waals surface area contributed by atoms with Crippen molar-refractivity contribution in [2.24, 2.45) is 0 Å². The van der Waals surface area contributed by atoms with E-state index in [2.05, 4.69) is 16.9 Å². The molecule has 0 spiro atoms. The van der Waals surface area contributed by atoms with Gasteiger partial charge in [-0.05, 0) is 37.5 Å². The number of rotatable bonds is 5. The molecule has 0 atom stereocenters. The van der Waals surface area contributed by atoms with Gasteiger partial charge in [0.15, 0.2) is 0 Å². The summed E-state index contributed by atoms with van der Waals surface area (Å²) in [5.41, 5.74) is 3.38. The minimum atomic E-state index is -0.124. The summed E-state index contributed by atoms with van der Waals surface area (Å²) in [6, 6.07) is 3.77. The predicted octanol–water partition coefficient (Wildman–Crippen LogP) is 3.59. The van der Waals surface area contributed by atoms with E-state index in [1.807, 2.05) is 29.8 Å². The van der Waals surface area contributed by atoms with Gasteiger partial charge in [-0.1, -0.05) is 18.2 Å². The van der Waals surface area contributed by atoms with Crippen LogP contribution in [-0.2, 0) is 6.54 Å². The molecular formula is C16H20FN3. The molecular weight excluding hydrogens is 253 g/mol. The van der Waals surface area contributed by atoms with E-state index in [9.17, 15) is 4.39 Å². The second kappa shape index (κ2) is 5.90. The van der Waals surface area contributed by atoms with Crippen molar-refractivity contribution in [1.29, 1.82) is 0 Å². The van der Waals surface area contributed by atoms with Crippen LogP contribution in [0.25, 0.3) is 0 Å². The van der Waals surface area contributed by atoms with Crippen molar-refractivity contribution < 1.29 is 4.39 Å². The van der Waals surface area contributed by atoms with E-state index in [1.54, 1.807) is 19.9 Å². The Morgan fingerprint density at radius 3 is 2.55 bits per heavy atom. The molecule has 1 aromatic carbocycles. The van der Waals surface area contributed by atoms with E-state index in [0.717, 1.165) is 17.2 Å². The first-order chi connectivity index (χ1) is 9.51. The first kappa shape index (κ1) is 14.3.